The van der Waals surface area contributed by atoms with E-state index in [0.717, 1.165) is 16.5 Å². The molecule has 0 amide bonds. The predicted molar refractivity (Wildman–Crippen MR) is 104 cm³/mol. The van der Waals surface area contributed by atoms with E-state index in [2.05, 4.69) is 25.8 Å². The van der Waals surface area contributed by atoms with Crippen LogP contribution in [0.4, 0.5) is 13.2 Å². The van der Waals surface area contributed by atoms with Crippen molar-refractivity contribution in [2.75, 3.05) is 0 Å². The van der Waals surface area contributed by atoms with Crippen molar-refractivity contribution in [3.05, 3.63) is 63.4 Å². The first-order chi connectivity index (χ1) is 11.6. The van der Waals surface area contributed by atoms with E-state index in [9.17, 15) is 13.2 Å². The van der Waals surface area contributed by atoms with Gasteiger partial charge in [0, 0.05) is 10.9 Å². The van der Waals surface area contributed by atoms with Gasteiger partial charge in [0.15, 0.2) is 5.69 Å². The Labute approximate surface area is 158 Å². The first-order valence-electron chi connectivity index (χ1n) is 7.85. The van der Waals surface area contributed by atoms with Crippen LogP contribution in [0.2, 0.25) is 0 Å². The van der Waals surface area contributed by atoms with Crippen molar-refractivity contribution in [1.29, 1.82) is 0 Å². The number of benzene rings is 2. The van der Waals surface area contributed by atoms with Crippen LogP contribution in [0.25, 0.3) is 22.0 Å². The molecule has 0 radical (unpaired) electrons. The van der Waals surface area contributed by atoms with Crippen LogP contribution in [0, 0.1) is 3.57 Å². The molecule has 0 unspecified atom stereocenters. The van der Waals surface area contributed by atoms with Crippen molar-refractivity contribution in [3.8, 4) is 11.1 Å². The first kappa shape index (κ1) is 18.2. The number of pyridine rings is 1. The van der Waals surface area contributed by atoms with Crippen LogP contribution in [0.3, 0.4) is 0 Å². The number of halogens is 4. The zero-order chi connectivity index (χ0) is 18.4. The Balaban J connectivity index is 2.29. The summed E-state index contributed by atoms with van der Waals surface area (Å²) in [6.07, 6.45) is -4.49. The Morgan fingerprint density at radius 3 is 2.04 bits per heavy atom. The third-order valence-electron chi connectivity index (χ3n) is 4.14. The molecule has 0 aliphatic rings. The second-order valence-electron chi connectivity index (χ2n) is 6.99. The molecule has 1 aromatic heterocycles. The number of hydrogen-bond donors (Lipinski definition) is 0. The number of hydrogen-bond acceptors (Lipinski definition) is 1. The molecule has 3 rings (SSSR count). The van der Waals surface area contributed by atoms with E-state index in [0.29, 0.717) is 11.1 Å². The van der Waals surface area contributed by atoms with Gasteiger partial charge in [0.05, 0.1) is 9.09 Å². The van der Waals surface area contributed by atoms with E-state index >= 15 is 0 Å². The lowest BCUT2D eigenvalue weighted by Crippen LogP contribution is -2.12. The summed E-state index contributed by atoms with van der Waals surface area (Å²) in [5.41, 5.74) is 2.00. The minimum absolute atomic E-state index is 0.0108. The maximum atomic E-state index is 13.4. The van der Waals surface area contributed by atoms with Gasteiger partial charge in [-0.2, -0.15) is 13.2 Å². The molecule has 0 saturated carbocycles. The molecule has 1 nitrogen and oxygen atoms in total. The number of aromatic nitrogens is 1. The second kappa shape index (κ2) is 6.27. The first-order valence-corrected chi connectivity index (χ1v) is 8.93. The van der Waals surface area contributed by atoms with Crippen LogP contribution in [0.15, 0.2) is 48.5 Å². The van der Waals surface area contributed by atoms with E-state index < -0.39 is 11.9 Å². The summed E-state index contributed by atoms with van der Waals surface area (Å²) in [5, 5.41) is 0.725. The molecular weight excluding hydrogens is 438 g/mol. The Hall–Kier alpha value is -1.63. The third-order valence-corrected chi connectivity index (χ3v) is 5.19. The van der Waals surface area contributed by atoms with E-state index in [1.54, 1.807) is 34.7 Å². The van der Waals surface area contributed by atoms with Crippen molar-refractivity contribution >= 4 is 33.5 Å². The number of alkyl halides is 3. The van der Waals surface area contributed by atoms with Crippen molar-refractivity contribution < 1.29 is 13.2 Å². The summed E-state index contributed by atoms with van der Waals surface area (Å²) in [6, 6.07) is 14.7. The topological polar surface area (TPSA) is 12.9 Å². The molecule has 130 valence electrons. The van der Waals surface area contributed by atoms with Crippen molar-refractivity contribution in [2.24, 2.45) is 0 Å². The fourth-order valence-electron chi connectivity index (χ4n) is 2.80. The van der Waals surface area contributed by atoms with Gasteiger partial charge in [0.25, 0.3) is 0 Å². The van der Waals surface area contributed by atoms with Crippen LogP contribution in [-0.4, -0.2) is 4.98 Å². The summed E-state index contributed by atoms with van der Waals surface area (Å²) >= 11 is 1.76. The van der Waals surface area contributed by atoms with Gasteiger partial charge < -0.3 is 0 Å². The fourth-order valence-corrected chi connectivity index (χ4v) is 3.82. The smallest absolute Gasteiger partial charge is 0.242 e. The number of nitrogens with zero attached hydrogens (tertiary/aromatic N) is 1. The Kier molecular flexibility index (Phi) is 4.56. The highest BCUT2D eigenvalue weighted by molar-refractivity contribution is 14.1. The lowest BCUT2D eigenvalue weighted by molar-refractivity contribution is -0.141. The van der Waals surface area contributed by atoms with Crippen LogP contribution < -0.4 is 0 Å². The molecule has 1 heterocycles. The lowest BCUT2D eigenvalue weighted by atomic mass is 9.86. The average Bonchev–Trinajstić information content (AvgIpc) is 2.52. The zero-order valence-corrected chi connectivity index (χ0v) is 16.2. The van der Waals surface area contributed by atoms with Gasteiger partial charge in [-0.1, -0.05) is 63.2 Å². The number of para-hydroxylation sites is 1. The van der Waals surface area contributed by atoms with Crippen LogP contribution in [0.5, 0.6) is 0 Å². The largest absolute Gasteiger partial charge is 0.434 e. The van der Waals surface area contributed by atoms with Crippen molar-refractivity contribution in [3.63, 3.8) is 0 Å². The van der Waals surface area contributed by atoms with E-state index in [1.165, 1.54) is 0 Å². The highest BCUT2D eigenvalue weighted by Gasteiger charge is 2.36. The summed E-state index contributed by atoms with van der Waals surface area (Å²) in [6.45, 7) is 6.32. The normalized spacial score (nSPS) is 12.6. The molecule has 0 atom stereocenters. The van der Waals surface area contributed by atoms with Gasteiger partial charge in [0.1, 0.15) is 0 Å². The van der Waals surface area contributed by atoms with Crippen LogP contribution in [-0.2, 0) is 11.6 Å². The third kappa shape index (κ3) is 3.52. The molecule has 5 heteroatoms. The summed E-state index contributed by atoms with van der Waals surface area (Å²) in [7, 11) is 0. The Bertz CT molecular complexity index is 923. The molecule has 0 bridgehead atoms. The SMILES string of the molecule is CC(C)(C)c1ccc(-c2c(I)c(C(F)(F)F)nc3ccccc23)cc1. The van der Waals surface area contributed by atoms with Crippen molar-refractivity contribution in [1.82, 2.24) is 4.98 Å². The van der Waals surface area contributed by atoms with Crippen LogP contribution >= 0.6 is 22.6 Å². The maximum absolute atomic E-state index is 13.4. The van der Waals surface area contributed by atoms with Gasteiger partial charge in [-0.15, -0.1) is 0 Å². The molecular formula is C20H17F3IN. The average molecular weight is 455 g/mol. The molecule has 0 aliphatic carbocycles. The standard InChI is InChI=1S/C20H17F3IN/c1-19(2,3)13-10-8-12(9-11-13)16-14-6-4-5-7-15(14)25-18(17(16)24)20(21,22)23/h4-11H,1-3H3. The zero-order valence-electron chi connectivity index (χ0n) is 14.1. The number of rotatable bonds is 1. The molecule has 25 heavy (non-hydrogen) atoms. The maximum Gasteiger partial charge on any atom is 0.434 e. The Morgan fingerprint density at radius 1 is 0.880 bits per heavy atom. The monoisotopic (exact) mass is 455 g/mol. The highest BCUT2D eigenvalue weighted by atomic mass is 127. The second-order valence-corrected chi connectivity index (χ2v) is 8.07. The Morgan fingerprint density at radius 2 is 1.48 bits per heavy atom. The van der Waals surface area contributed by atoms with Gasteiger partial charge in [-0.05, 0) is 45.2 Å². The van der Waals surface area contributed by atoms with E-state index in [-0.39, 0.29) is 8.99 Å². The van der Waals surface area contributed by atoms with E-state index in [1.807, 2.05) is 36.4 Å². The van der Waals surface area contributed by atoms with Gasteiger partial charge in [0.2, 0.25) is 0 Å². The summed E-state index contributed by atoms with van der Waals surface area (Å²) < 4.78 is 40.4. The fraction of sp³-hybridized carbons (Fsp3) is 0.250. The van der Waals surface area contributed by atoms with Gasteiger partial charge >= 0.3 is 6.18 Å². The molecule has 0 fully saturated rings. The molecule has 2 aromatic carbocycles. The molecule has 3 aromatic rings. The molecule has 0 aliphatic heterocycles. The van der Waals surface area contributed by atoms with Gasteiger partial charge in [-0.25, -0.2) is 4.98 Å². The molecule has 0 N–H and O–H groups in total. The summed E-state index contributed by atoms with van der Waals surface area (Å²) in [4.78, 5) is 3.86. The van der Waals surface area contributed by atoms with Crippen LogP contribution in [0.1, 0.15) is 32.0 Å². The molecule has 0 saturated heterocycles. The minimum Gasteiger partial charge on any atom is -0.242 e. The molecule has 0 spiro atoms. The minimum atomic E-state index is -4.49. The lowest BCUT2D eigenvalue weighted by Gasteiger charge is -2.20. The summed E-state index contributed by atoms with van der Waals surface area (Å²) in [5.74, 6) is 0. The van der Waals surface area contributed by atoms with E-state index in [4.69, 9.17) is 0 Å². The number of fused-ring (bicyclic) bond motifs is 1. The predicted octanol–water partition coefficient (Wildman–Crippen LogP) is 6.82. The quantitative estimate of drug-likeness (QED) is 0.367. The van der Waals surface area contributed by atoms with Gasteiger partial charge in [-0.3, -0.25) is 0 Å². The van der Waals surface area contributed by atoms with Crippen molar-refractivity contribution in [2.45, 2.75) is 32.4 Å². The highest BCUT2D eigenvalue weighted by Crippen LogP contribution is 2.40.